The van der Waals surface area contributed by atoms with Crippen molar-refractivity contribution >= 4 is 5.91 Å². The van der Waals surface area contributed by atoms with E-state index in [4.69, 9.17) is 0 Å². The first-order valence-corrected chi connectivity index (χ1v) is 8.12. The van der Waals surface area contributed by atoms with Crippen LogP contribution in [0.2, 0.25) is 0 Å². The lowest BCUT2D eigenvalue weighted by atomic mass is 10.1. The Morgan fingerprint density at radius 3 is 3.00 bits per heavy atom. The molecule has 1 aliphatic heterocycles. The van der Waals surface area contributed by atoms with Gasteiger partial charge in [0.05, 0.1) is 11.7 Å². The maximum Gasteiger partial charge on any atom is 0.272 e. The number of aromatic nitrogens is 4. The lowest BCUT2D eigenvalue weighted by Gasteiger charge is -2.24. The van der Waals surface area contributed by atoms with Crippen molar-refractivity contribution in [2.24, 2.45) is 7.05 Å². The Kier molecular flexibility index (Phi) is 3.65. The summed E-state index contributed by atoms with van der Waals surface area (Å²) >= 11 is 0. The molecule has 1 saturated heterocycles. The number of hydrogen-bond donors (Lipinski definition) is 1. The summed E-state index contributed by atoms with van der Waals surface area (Å²) < 4.78 is 1.98. The normalized spacial score (nSPS) is 17.4. The Morgan fingerprint density at radius 2 is 2.25 bits per heavy atom. The fraction of sp³-hybridized carbons (Fsp3) is 0.278. The molecular weight excluding hydrogens is 302 g/mol. The monoisotopic (exact) mass is 321 g/mol. The van der Waals surface area contributed by atoms with Gasteiger partial charge in [-0.2, -0.15) is 5.10 Å². The summed E-state index contributed by atoms with van der Waals surface area (Å²) in [7, 11) is 1.96. The van der Waals surface area contributed by atoms with Crippen molar-refractivity contribution < 1.29 is 4.79 Å². The standard InChI is InChI=1S/C18H19N5O/c1-22-9-3-7-17(22)14-11-15(21-20-14)18(24)23-10-4-6-16(23)13-5-2-8-19-12-13/h2-3,5,7-9,11-12,16H,4,6,10H2,1H3,(H,20,21). The van der Waals surface area contributed by atoms with Gasteiger partial charge in [0.25, 0.3) is 5.91 Å². The number of pyridine rings is 1. The third-order valence-corrected chi connectivity index (χ3v) is 4.60. The van der Waals surface area contributed by atoms with Gasteiger partial charge >= 0.3 is 0 Å². The maximum absolute atomic E-state index is 12.9. The molecular formula is C18H19N5O. The number of amides is 1. The molecule has 1 amide bonds. The molecule has 0 aliphatic carbocycles. The van der Waals surface area contributed by atoms with E-state index in [1.165, 1.54) is 0 Å². The molecule has 3 aromatic rings. The van der Waals surface area contributed by atoms with Crippen molar-refractivity contribution in [3.8, 4) is 11.4 Å². The minimum atomic E-state index is -0.00527. The zero-order valence-electron chi connectivity index (χ0n) is 13.5. The smallest absolute Gasteiger partial charge is 0.272 e. The highest BCUT2D eigenvalue weighted by Crippen LogP contribution is 2.32. The molecule has 24 heavy (non-hydrogen) atoms. The third-order valence-electron chi connectivity index (χ3n) is 4.60. The van der Waals surface area contributed by atoms with Crippen LogP contribution in [0.25, 0.3) is 11.4 Å². The largest absolute Gasteiger partial charge is 0.349 e. The van der Waals surface area contributed by atoms with Crippen molar-refractivity contribution in [3.63, 3.8) is 0 Å². The summed E-state index contributed by atoms with van der Waals surface area (Å²) in [6.07, 6.45) is 7.54. The van der Waals surface area contributed by atoms with Gasteiger partial charge in [0.2, 0.25) is 0 Å². The van der Waals surface area contributed by atoms with Crippen LogP contribution in [-0.2, 0) is 7.05 Å². The Morgan fingerprint density at radius 1 is 1.33 bits per heavy atom. The van der Waals surface area contributed by atoms with E-state index in [0.717, 1.165) is 36.3 Å². The average Bonchev–Trinajstić information content (AvgIpc) is 3.35. The van der Waals surface area contributed by atoms with Crippen molar-refractivity contribution in [2.45, 2.75) is 18.9 Å². The predicted molar refractivity (Wildman–Crippen MR) is 90.2 cm³/mol. The van der Waals surface area contributed by atoms with Crippen molar-refractivity contribution in [2.75, 3.05) is 6.54 Å². The number of carbonyl (C=O) groups is 1. The van der Waals surface area contributed by atoms with E-state index in [9.17, 15) is 4.79 Å². The molecule has 6 nitrogen and oxygen atoms in total. The van der Waals surface area contributed by atoms with E-state index in [0.29, 0.717) is 5.69 Å². The number of carbonyl (C=O) groups excluding carboxylic acids is 1. The number of rotatable bonds is 3. The first kappa shape index (κ1) is 14.7. The summed E-state index contributed by atoms with van der Waals surface area (Å²) in [4.78, 5) is 19.0. The van der Waals surface area contributed by atoms with Crippen LogP contribution in [0.5, 0.6) is 0 Å². The molecule has 3 aromatic heterocycles. The van der Waals surface area contributed by atoms with E-state index in [2.05, 4.69) is 15.2 Å². The van der Waals surface area contributed by atoms with Crippen LogP contribution in [-0.4, -0.2) is 37.1 Å². The Hall–Kier alpha value is -2.89. The van der Waals surface area contributed by atoms with Gasteiger partial charge in [0, 0.05) is 32.2 Å². The van der Waals surface area contributed by atoms with Gasteiger partial charge in [-0.25, -0.2) is 0 Å². The van der Waals surface area contributed by atoms with Crippen molar-refractivity contribution in [1.82, 2.24) is 24.6 Å². The second-order valence-electron chi connectivity index (χ2n) is 6.11. The fourth-order valence-corrected chi connectivity index (χ4v) is 3.37. The second kappa shape index (κ2) is 5.96. The van der Waals surface area contributed by atoms with Gasteiger partial charge in [-0.05, 0) is 42.7 Å². The third kappa shape index (κ3) is 2.50. The van der Waals surface area contributed by atoms with Gasteiger partial charge in [0.15, 0.2) is 0 Å². The van der Waals surface area contributed by atoms with Crippen LogP contribution in [0, 0.1) is 0 Å². The van der Waals surface area contributed by atoms with E-state index in [1.807, 2.05) is 59.2 Å². The lowest BCUT2D eigenvalue weighted by Crippen LogP contribution is -2.30. The zero-order chi connectivity index (χ0) is 16.5. The molecule has 1 fully saturated rings. The number of nitrogens with one attached hydrogen (secondary N) is 1. The SMILES string of the molecule is Cn1cccc1-c1cc(C(=O)N2CCCC2c2cccnc2)[nH]n1. The Labute approximate surface area is 140 Å². The van der Waals surface area contributed by atoms with Gasteiger partial charge in [-0.1, -0.05) is 6.07 Å². The Balaban J connectivity index is 1.60. The molecule has 1 atom stereocenters. The van der Waals surface area contributed by atoms with Gasteiger partial charge in [0.1, 0.15) is 11.4 Å². The van der Waals surface area contributed by atoms with E-state index in [-0.39, 0.29) is 11.9 Å². The molecule has 4 heterocycles. The van der Waals surface area contributed by atoms with Crippen LogP contribution in [0.15, 0.2) is 48.9 Å². The Bertz CT molecular complexity index is 851. The zero-order valence-corrected chi connectivity index (χ0v) is 13.5. The van der Waals surface area contributed by atoms with Crippen LogP contribution in [0.1, 0.15) is 34.9 Å². The van der Waals surface area contributed by atoms with Gasteiger partial charge < -0.3 is 9.47 Å². The molecule has 1 aliphatic rings. The molecule has 1 N–H and O–H groups in total. The number of likely N-dealkylation sites (tertiary alicyclic amines) is 1. The quantitative estimate of drug-likeness (QED) is 0.806. The number of aromatic amines is 1. The van der Waals surface area contributed by atoms with Gasteiger partial charge in [-0.3, -0.25) is 14.9 Å². The summed E-state index contributed by atoms with van der Waals surface area (Å²) in [5.74, 6) is -0.00527. The van der Waals surface area contributed by atoms with E-state index >= 15 is 0 Å². The van der Waals surface area contributed by atoms with Crippen LogP contribution >= 0.6 is 0 Å². The lowest BCUT2D eigenvalue weighted by molar-refractivity contribution is 0.0729. The highest BCUT2D eigenvalue weighted by atomic mass is 16.2. The topological polar surface area (TPSA) is 66.8 Å². The highest BCUT2D eigenvalue weighted by Gasteiger charge is 2.31. The van der Waals surface area contributed by atoms with Crippen LogP contribution in [0.3, 0.4) is 0 Å². The molecule has 6 heteroatoms. The minimum Gasteiger partial charge on any atom is -0.349 e. The second-order valence-corrected chi connectivity index (χ2v) is 6.11. The number of H-pyrrole nitrogens is 1. The molecule has 0 saturated carbocycles. The summed E-state index contributed by atoms with van der Waals surface area (Å²) in [5.41, 5.74) is 3.38. The predicted octanol–water partition coefficient (Wildman–Crippen LogP) is 2.79. The maximum atomic E-state index is 12.9. The molecule has 0 aromatic carbocycles. The molecule has 0 bridgehead atoms. The summed E-state index contributed by atoms with van der Waals surface area (Å²) in [6, 6.07) is 9.82. The molecule has 122 valence electrons. The van der Waals surface area contributed by atoms with E-state index < -0.39 is 0 Å². The summed E-state index contributed by atoms with van der Waals surface area (Å²) in [6.45, 7) is 0.761. The summed E-state index contributed by atoms with van der Waals surface area (Å²) in [5, 5.41) is 7.20. The molecule has 0 spiro atoms. The molecule has 0 radical (unpaired) electrons. The highest BCUT2D eigenvalue weighted by molar-refractivity contribution is 5.93. The molecule has 4 rings (SSSR count). The van der Waals surface area contributed by atoms with Gasteiger partial charge in [-0.15, -0.1) is 0 Å². The average molecular weight is 321 g/mol. The van der Waals surface area contributed by atoms with Crippen molar-refractivity contribution in [3.05, 3.63) is 60.2 Å². The number of aryl methyl sites for hydroxylation is 1. The first-order chi connectivity index (χ1) is 11.7. The van der Waals surface area contributed by atoms with Crippen LogP contribution < -0.4 is 0 Å². The first-order valence-electron chi connectivity index (χ1n) is 8.12. The number of hydrogen-bond acceptors (Lipinski definition) is 3. The van der Waals surface area contributed by atoms with Crippen LogP contribution in [0.4, 0.5) is 0 Å². The van der Waals surface area contributed by atoms with Crippen molar-refractivity contribution in [1.29, 1.82) is 0 Å². The van der Waals surface area contributed by atoms with E-state index in [1.54, 1.807) is 6.20 Å². The number of nitrogens with zero attached hydrogens (tertiary/aromatic N) is 4. The fourth-order valence-electron chi connectivity index (χ4n) is 3.37. The molecule has 1 unspecified atom stereocenters. The minimum absolute atomic E-state index is 0.00527.